The van der Waals surface area contributed by atoms with Gasteiger partial charge in [0.1, 0.15) is 11.6 Å². The van der Waals surface area contributed by atoms with Crippen LogP contribution < -0.4 is 5.32 Å². The summed E-state index contributed by atoms with van der Waals surface area (Å²) in [4.78, 5) is 16.4. The summed E-state index contributed by atoms with van der Waals surface area (Å²) in [6.45, 7) is 2.67. The highest BCUT2D eigenvalue weighted by atomic mass is 19.1. The van der Waals surface area contributed by atoms with Crippen molar-refractivity contribution in [3.05, 3.63) is 29.6 Å². The Hall–Kier alpha value is -1.56. The van der Waals surface area contributed by atoms with Gasteiger partial charge in [-0.05, 0) is 6.92 Å². The van der Waals surface area contributed by atoms with Gasteiger partial charge in [0, 0.05) is 24.7 Å². The molecular weight excluding hydrogens is 228 g/mol. The molecule has 2 rings (SSSR count). The molecule has 1 fully saturated rings. The lowest BCUT2D eigenvalue weighted by molar-refractivity contribution is -0.125. The molecule has 1 saturated heterocycles. The summed E-state index contributed by atoms with van der Waals surface area (Å²) >= 11 is 0. The number of carbonyl (C=O) groups excluding carboxylic acids is 1. The van der Waals surface area contributed by atoms with Gasteiger partial charge in [-0.15, -0.1) is 0 Å². The van der Waals surface area contributed by atoms with Gasteiger partial charge in [0.15, 0.2) is 0 Å². The molecule has 0 aromatic carbocycles. The second kappa shape index (κ2) is 4.75. The van der Waals surface area contributed by atoms with Crippen LogP contribution >= 0.6 is 0 Å². The first-order chi connectivity index (χ1) is 8.06. The van der Waals surface area contributed by atoms with E-state index in [2.05, 4.69) is 10.3 Å². The van der Waals surface area contributed by atoms with E-state index in [0.717, 1.165) is 12.4 Å². The van der Waals surface area contributed by atoms with Gasteiger partial charge in [-0.25, -0.2) is 8.78 Å². The first-order valence-corrected chi connectivity index (χ1v) is 5.36. The van der Waals surface area contributed by atoms with Crippen molar-refractivity contribution in [2.24, 2.45) is 0 Å². The normalized spacial score (nSPS) is 21.4. The van der Waals surface area contributed by atoms with Gasteiger partial charge in [-0.2, -0.15) is 0 Å². The quantitative estimate of drug-likeness (QED) is 0.828. The summed E-state index contributed by atoms with van der Waals surface area (Å²) in [6.07, 6.45) is 1.96. The van der Waals surface area contributed by atoms with Crippen LogP contribution in [0.15, 0.2) is 12.4 Å². The van der Waals surface area contributed by atoms with Crippen LogP contribution in [0.3, 0.4) is 0 Å². The van der Waals surface area contributed by atoms with E-state index < -0.39 is 11.6 Å². The Morgan fingerprint density at radius 1 is 1.47 bits per heavy atom. The van der Waals surface area contributed by atoms with Crippen molar-refractivity contribution in [1.82, 2.24) is 15.2 Å². The summed E-state index contributed by atoms with van der Waals surface area (Å²) < 4.78 is 26.7. The van der Waals surface area contributed by atoms with Crippen molar-refractivity contribution in [2.75, 3.05) is 13.1 Å². The number of hydrogen-bond donors (Lipinski definition) is 1. The molecule has 1 unspecified atom stereocenters. The molecule has 1 atom stereocenters. The van der Waals surface area contributed by atoms with E-state index in [9.17, 15) is 13.6 Å². The first kappa shape index (κ1) is 11.9. The zero-order valence-electron chi connectivity index (χ0n) is 9.41. The minimum Gasteiger partial charge on any atom is -0.351 e. The van der Waals surface area contributed by atoms with Gasteiger partial charge >= 0.3 is 0 Å². The second-order valence-electron chi connectivity index (χ2n) is 4.22. The average Bonchev–Trinajstić information content (AvgIpc) is 2.22. The molecule has 1 aromatic heterocycles. The number of pyridine rings is 1. The standard InChI is InChI=1S/C11H13F2N3O/c1-7-4-16(6-11(17)15-7)5-8-9(12)2-14-3-10(8)13/h2-3,7H,4-6H2,1H3,(H,15,17). The zero-order chi connectivity index (χ0) is 12.4. The summed E-state index contributed by atoms with van der Waals surface area (Å²) in [5, 5.41) is 2.74. The number of rotatable bonds is 2. The molecule has 0 aliphatic carbocycles. The maximum absolute atomic E-state index is 13.4. The number of halogens is 2. The Bertz CT molecular complexity index is 418. The molecule has 0 spiro atoms. The SMILES string of the molecule is CC1CN(Cc2c(F)cncc2F)CC(=O)N1. The molecule has 1 aromatic rings. The summed E-state index contributed by atoms with van der Waals surface area (Å²) in [5.74, 6) is -1.48. The zero-order valence-corrected chi connectivity index (χ0v) is 9.41. The fourth-order valence-electron chi connectivity index (χ4n) is 1.95. The van der Waals surface area contributed by atoms with Crippen molar-refractivity contribution in [2.45, 2.75) is 19.5 Å². The van der Waals surface area contributed by atoms with Crippen molar-refractivity contribution >= 4 is 5.91 Å². The molecular formula is C11H13F2N3O. The van der Waals surface area contributed by atoms with Crippen LogP contribution in [0.2, 0.25) is 0 Å². The molecule has 0 saturated carbocycles. The van der Waals surface area contributed by atoms with Gasteiger partial charge in [0.2, 0.25) is 5.91 Å². The number of piperazine rings is 1. The summed E-state index contributed by atoms with van der Waals surface area (Å²) in [5.41, 5.74) is -0.0399. The fraction of sp³-hybridized carbons (Fsp3) is 0.455. The van der Waals surface area contributed by atoms with Crippen LogP contribution in [0, 0.1) is 11.6 Å². The predicted molar refractivity (Wildman–Crippen MR) is 57.0 cm³/mol. The maximum atomic E-state index is 13.4. The number of nitrogens with zero attached hydrogens (tertiary/aromatic N) is 2. The number of aromatic nitrogens is 1. The highest BCUT2D eigenvalue weighted by Crippen LogP contribution is 2.14. The lowest BCUT2D eigenvalue weighted by Crippen LogP contribution is -2.52. The smallest absolute Gasteiger partial charge is 0.234 e. The third kappa shape index (κ3) is 2.76. The Kier molecular flexibility index (Phi) is 3.33. The molecule has 1 aliphatic heterocycles. The third-order valence-corrected chi connectivity index (χ3v) is 2.64. The molecule has 0 radical (unpaired) electrons. The maximum Gasteiger partial charge on any atom is 0.234 e. The summed E-state index contributed by atoms with van der Waals surface area (Å²) in [6, 6.07) is -0.00999. The van der Waals surface area contributed by atoms with Crippen molar-refractivity contribution in [3.8, 4) is 0 Å². The van der Waals surface area contributed by atoms with Crippen molar-refractivity contribution < 1.29 is 13.6 Å². The highest BCUT2D eigenvalue weighted by Gasteiger charge is 2.23. The van der Waals surface area contributed by atoms with Crippen LogP contribution in [0.4, 0.5) is 8.78 Å². The molecule has 6 heteroatoms. The van der Waals surface area contributed by atoms with Crippen molar-refractivity contribution in [3.63, 3.8) is 0 Å². The Balaban J connectivity index is 2.12. The van der Waals surface area contributed by atoms with Crippen LogP contribution in [-0.4, -0.2) is 34.9 Å². The minimum absolute atomic E-state index is 0.00999. The number of carbonyl (C=O) groups is 1. The van der Waals surface area contributed by atoms with Crippen molar-refractivity contribution in [1.29, 1.82) is 0 Å². The number of hydrogen-bond acceptors (Lipinski definition) is 3. The summed E-state index contributed by atoms with van der Waals surface area (Å²) in [7, 11) is 0. The van der Waals surface area contributed by atoms with Gasteiger partial charge in [0.25, 0.3) is 0 Å². The lowest BCUT2D eigenvalue weighted by atomic mass is 10.2. The van der Waals surface area contributed by atoms with Crippen LogP contribution in [0.1, 0.15) is 12.5 Å². The van der Waals surface area contributed by atoms with E-state index >= 15 is 0 Å². The lowest BCUT2D eigenvalue weighted by Gasteiger charge is -2.31. The van der Waals surface area contributed by atoms with E-state index in [4.69, 9.17) is 0 Å². The minimum atomic E-state index is -0.677. The fourth-order valence-corrected chi connectivity index (χ4v) is 1.95. The van der Waals surface area contributed by atoms with Crippen LogP contribution in [0.5, 0.6) is 0 Å². The Morgan fingerprint density at radius 2 is 2.12 bits per heavy atom. The van der Waals surface area contributed by atoms with Crippen LogP contribution in [-0.2, 0) is 11.3 Å². The van der Waals surface area contributed by atoms with E-state index in [1.807, 2.05) is 6.92 Å². The topological polar surface area (TPSA) is 45.2 Å². The van der Waals surface area contributed by atoms with Crippen LogP contribution in [0.25, 0.3) is 0 Å². The average molecular weight is 241 g/mol. The third-order valence-electron chi connectivity index (χ3n) is 2.64. The monoisotopic (exact) mass is 241 g/mol. The van der Waals surface area contributed by atoms with E-state index in [1.165, 1.54) is 0 Å². The number of nitrogens with one attached hydrogen (secondary N) is 1. The Labute approximate surface area is 97.6 Å². The van der Waals surface area contributed by atoms with Gasteiger partial charge < -0.3 is 5.32 Å². The molecule has 1 N–H and O–H groups in total. The predicted octanol–water partition coefficient (Wildman–Crippen LogP) is 0.680. The largest absolute Gasteiger partial charge is 0.351 e. The van der Waals surface area contributed by atoms with Gasteiger partial charge in [-0.3, -0.25) is 14.7 Å². The molecule has 1 aliphatic rings. The molecule has 0 bridgehead atoms. The number of amides is 1. The second-order valence-corrected chi connectivity index (χ2v) is 4.22. The highest BCUT2D eigenvalue weighted by molar-refractivity contribution is 5.79. The molecule has 4 nitrogen and oxygen atoms in total. The van der Waals surface area contributed by atoms with Gasteiger partial charge in [0.05, 0.1) is 18.9 Å². The van der Waals surface area contributed by atoms with E-state index in [1.54, 1.807) is 4.90 Å². The van der Waals surface area contributed by atoms with E-state index in [-0.39, 0.29) is 30.6 Å². The first-order valence-electron chi connectivity index (χ1n) is 5.36. The van der Waals surface area contributed by atoms with Gasteiger partial charge in [-0.1, -0.05) is 0 Å². The van der Waals surface area contributed by atoms with E-state index in [0.29, 0.717) is 6.54 Å². The molecule has 2 heterocycles. The molecule has 92 valence electrons. The molecule has 17 heavy (non-hydrogen) atoms. The Morgan fingerprint density at radius 3 is 2.71 bits per heavy atom. The molecule has 1 amide bonds.